The number of anilines is 3. The molecule has 8 heteroatoms. The van der Waals surface area contributed by atoms with Crippen molar-refractivity contribution in [3.8, 4) is 0 Å². The van der Waals surface area contributed by atoms with E-state index in [4.69, 9.17) is 0 Å². The number of amides is 1. The minimum absolute atomic E-state index is 0.0977. The van der Waals surface area contributed by atoms with Crippen molar-refractivity contribution in [1.82, 2.24) is 15.0 Å². The monoisotopic (exact) mass is 418 g/mol. The Balaban J connectivity index is 1.20. The van der Waals surface area contributed by atoms with Crippen LogP contribution >= 0.6 is 0 Å². The normalized spacial score (nSPS) is 17.3. The first-order chi connectivity index (χ1) is 15.1. The van der Waals surface area contributed by atoms with Gasteiger partial charge in [0.25, 0.3) is 0 Å². The molecule has 2 aromatic heterocycles. The van der Waals surface area contributed by atoms with Gasteiger partial charge in [-0.25, -0.2) is 19.3 Å². The van der Waals surface area contributed by atoms with E-state index in [9.17, 15) is 9.18 Å². The van der Waals surface area contributed by atoms with Crippen molar-refractivity contribution in [1.29, 1.82) is 0 Å². The maximum Gasteiger partial charge on any atom is 0.235 e. The molecular formula is C23H23FN6O. The van der Waals surface area contributed by atoms with Crippen LogP contribution in [-0.2, 0) is 10.2 Å². The summed E-state index contributed by atoms with van der Waals surface area (Å²) in [7, 11) is 0. The van der Waals surface area contributed by atoms with Gasteiger partial charge in [0.2, 0.25) is 11.9 Å². The van der Waals surface area contributed by atoms with Crippen LogP contribution in [0, 0.1) is 5.82 Å². The molecular weight excluding hydrogens is 395 g/mol. The van der Waals surface area contributed by atoms with Gasteiger partial charge in [0.15, 0.2) is 0 Å². The summed E-state index contributed by atoms with van der Waals surface area (Å²) in [5, 5.41) is 2.92. The average molecular weight is 418 g/mol. The first-order valence-corrected chi connectivity index (χ1v) is 10.4. The van der Waals surface area contributed by atoms with Gasteiger partial charge < -0.3 is 15.1 Å². The summed E-state index contributed by atoms with van der Waals surface area (Å²) in [6.45, 7) is 3.30. The number of aromatic nitrogens is 3. The Morgan fingerprint density at radius 2 is 1.58 bits per heavy atom. The number of halogens is 1. The summed E-state index contributed by atoms with van der Waals surface area (Å²) in [6, 6.07) is 12.1. The number of pyridine rings is 1. The van der Waals surface area contributed by atoms with Gasteiger partial charge >= 0.3 is 0 Å². The van der Waals surface area contributed by atoms with Gasteiger partial charge in [0.1, 0.15) is 11.6 Å². The number of carbonyl (C=O) groups is 1. The summed E-state index contributed by atoms with van der Waals surface area (Å²) in [4.78, 5) is 30.6. The summed E-state index contributed by atoms with van der Waals surface area (Å²) in [6.07, 6.45) is 6.60. The number of hydrogen-bond donors (Lipinski definition) is 1. The Labute approximate surface area is 180 Å². The molecule has 0 radical (unpaired) electrons. The van der Waals surface area contributed by atoms with Crippen LogP contribution < -0.4 is 15.1 Å². The lowest BCUT2D eigenvalue weighted by atomic mass is 9.95. The third-order valence-electron chi connectivity index (χ3n) is 6.01. The van der Waals surface area contributed by atoms with Crippen LogP contribution in [0.3, 0.4) is 0 Å². The van der Waals surface area contributed by atoms with Gasteiger partial charge in [-0.2, -0.15) is 0 Å². The Morgan fingerprint density at radius 1 is 0.903 bits per heavy atom. The Kier molecular flexibility index (Phi) is 4.97. The van der Waals surface area contributed by atoms with Gasteiger partial charge in [0.05, 0.1) is 23.5 Å². The number of rotatable bonds is 5. The first kappa shape index (κ1) is 19.4. The summed E-state index contributed by atoms with van der Waals surface area (Å²) < 4.78 is 13.2. The number of carbonyl (C=O) groups excluding carboxylic acids is 1. The van der Waals surface area contributed by atoms with E-state index in [1.165, 1.54) is 12.1 Å². The lowest BCUT2D eigenvalue weighted by Crippen LogP contribution is -2.47. The van der Waals surface area contributed by atoms with Gasteiger partial charge in [-0.3, -0.25) is 4.79 Å². The van der Waals surface area contributed by atoms with E-state index in [1.807, 2.05) is 18.2 Å². The molecule has 0 unspecified atom stereocenters. The molecule has 158 valence electrons. The first-order valence-electron chi connectivity index (χ1n) is 10.4. The second-order valence-corrected chi connectivity index (χ2v) is 7.98. The quantitative estimate of drug-likeness (QED) is 0.687. The van der Waals surface area contributed by atoms with Crippen molar-refractivity contribution < 1.29 is 9.18 Å². The molecule has 1 aliphatic carbocycles. The molecule has 5 rings (SSSR count). The van der Waals surface area contributed by atoms with Crippen LogP contribution in [-0.4, -0.2) is 47.0 Å². The van der Waals surface area contributed by atoms with Gasteiger partial charge in [-0.05, 0) is 42.7 Å². The van der Waals surface area contributed by atoms with Crippen molar-refractivity contribution >= 4 is 23.4 Å². The van der Waals surface area contributed by atoms with Crippen LogP contribution in [0.4, 0.5) is 21.8 Å². The molecule has 1 amide bonds. The Bertz CT molecular complexity index is 1050. The van der Waals surface area contributed by atoms with Crippen molar-refractivity contribution in [3.63, 3.8) is 0 Å². The van der Waals surface area contributed by atoms with Gasteiger partial charge in [-0.15, -0.1) is 0 Å². The lowest BCUT2D eigenvalue weighted by molar-refractivity contribution is -0.118. The van der Waals surface area contributed by atoms with Crippen LogP contribution in [0.2, 0.25) is 0 Å². The fourth-order valence-electron chi connectivity index (χ4n) is 4.02. The molecule has 1 saturated carbocycles. The molecule has 2 aliphatic rings. The number of nitrogens with one attached hydrogen (secondary N) is 1. The van der Waals surface area contributed by atoms with Crippen molar-refractivity contribution in [2.45, 2.75) is 18.3 Å². The SMILES string of the molecule is O=C(Nc1cnc(N2CCN(c3ccccn3)CC2)nc1)C1(c2ccc(F)cc2)CC1. The fraction of sp³-hybridized carbons (Fsp3) is 0.304. The highest BCUT2D eigenvalue weighted by Crippen LogP contribution is 2.49. The van der Waals surface area contributed by atoms with Crippen LogP contribution in [0.1, 0.15) is 18.4 Å². The fourth-order valence-corrected chi connectivity index (χ4v) is 4.02. The summed E-state index contributed by atoms with van der Waals surface area (Å²) in [5.74, 6) is 1.24. The smallest absolute Gasteiger partial charge is 0.235 e. The predicted molar refractivity (Wildman–Crippen MR) is 117 cm³/mol. The zero-order valence-electron chi connectivity index (χ0n) is 17.0. The molecule has 0 atom stereocenters. The summed E-state index contributed by atoms with van der Waals surface area (Å²) >= 11 is 0. The van der Waals surface area contributed by atoms with Crippen molar-refractivity contribution in [2.75, 3.05) is 41.3 Å². The van der Waals surface area contributed by atoms with Crippen LogP contribution in [0.15, 0.2) is 61.1 Å². The molecule has 2 fully saturated rings. The second-order valence-electron chi connectivity index (χ2n) is 7.98. The third-order valence-corrected chi connectivity index (χ3v) is 6.01. The van der Waals surface area contributed by atoms with Crippen LogP contribution in [0.5, 0.6) is 0 Å². The molecule has 7 nitrogen and oxygen atoms in total. The highest BCUT2D eigenvalue weighted by Gasteiger charge is 2.51. The van der Waals surface area contributed by atoms with Crippen molar-refractivity contribution in [2.24, 2.45) is 0 Å². The molecule has 1 N–H and O–H groups in total. The Morgan fingerprint density at radius 3 is 2.19 bits per heavy atom. The number of benzene rings is 1. The van der Waals surface area contributed by atoms with Gasteiger partial charge in [-0.1, -0.05) is 18.2 Å². The lowest BCUT2D eigenvalue weighted by Gasteiger charge is -2.35. The minimum atomic E-state index is -0.575. The molecule has 0 bridgehead atoms. The predicted octanol–water partition coefficient (Wildman–Crippen LogP) is 3.01. The summed E-state index contributed by atoms with van der Waals surface area (Å²) in [5.41, 5.74) is 0.831. The highest BCUT2D eigenvalue weighted by molar-refractivity contribution is 6.01. The van der Waals surface area contributed by atoms with Crippen molar-refractivity contribution in [3.05, 3.63) is 72.4 Å². The molecule has 0 spiro atoms. The standard InChI is InChI=1S/C23H23FN6O/c24-18-6-4-17(5-7-18)23(8-9-23)21(31)28-19-15-26-22(27-16-19)30-13-11-29(12-14-30)20-3-1-2-10-25-20/h1-7,10,15-16H,8-9,11-14H2,(H,28,31). The molecule has 1 saturated heterocycles. The molecule has 1 aromatic carbocycles. The van der Waals surface area contributed by atoms with E-state index >= 15 is 0 Å². The Hall–Kier alpha value is -3.55. The molecule has 31 heavy (non-hydrogen) atoms. The van der Waals surface area contributed by atoms with Gasteiger partial charge in [0, 0.05) is 32.4 Å². The molecule has 3 heterocycles. The maximum absolute atomic E-state index is 13.2. The molecule has 1 aliphatic heterocycles. The molecule has 3 aromatic rings. The number of hydrogen-bond acceptors (Lipinski definition) is 6. The highest BCUT2D eigenvalue weighted by atomic mass is 19.1. The number of piperazine rings is 1. The average Bonchev–Trinajstić information content (AvgIpc) is 3.63. The maximum atomic E-state index is 13.2. The third kappa shape index (κ3) is 3.93. The zero-order valence-corrected chi connectivity index (χ0v) is 17.0. The van der Waals surface area contributed by atoms with E-state index in [0.29, 0.717) is 11.6 Å². The van der Waals surface area contributed by atoms with E-state index in [0.717, 1.165) is 50.4 Å². The topological polar surface area (TPSA) is 74.2 Å². The largest absolute Gasteiger partial charge is 0.353 e. The van der Waals surface area contributed by atoms with E-state index in [1.54, 1.807) is 30.7 Å². The van der Waals surface area contributed by atoms with E-state index in [-0.39, 0.29) is 11.7 Å². The van der Waals surface area contributed by atoms with Crippen LogP contribution in [0.25, 0.3) is 0 Å². The second kappa shape index (κ2) is 7.94. The van der Waals surface area contributed by atoms with E-state index < -0.39 is 5.41 Å². The minimum Gasteiger partial charge on any atom is -0.353 e. The number of nitrogens with zero attached hydrogens (tertiary/aromatic N) is 5. The zero-order chi connectivity index (χ0) is 21.3. The van der Waals surface area contributed by atoms with E-state index in [2.05, 4.69) is 30.1 Å².